The Morgan fingerprint density at radius 2 is 1.76 bits per heavy atom. The number of alkyl halides is 5. The smallest absolute Gasteiger partial charge is 0.416 e. The number of aromatic amines is 1. The van der Waals surface area contributed by atoms with E-state index >= 15 is 0 Å². The fourth-order valence-electron chi connectivity index (χ4n) is 3.16. The molecule has 0 bridgehead atoms. The lowest BCUT2D eigenvalue weighted by molar-refractivity contribution is -0.137. The number of aromatic nitrogens is 2. The number of amides is 1. The molecule has 3 aromatic carbocycles. The summed E-state index contributed by atoms with van der Waals surface area (Å²) in [6.07, 6.45) is -4.50. The van der Waals surface area contributed by atoms with Crippen molar-refractivity contribution >= 4 is 22.6 Å². The first-order valence-corrected chi connectivity index (χ1v) is 9.83. The summed E-state index contributed by atoms with van der Waals surface area (Å²) in [5.74, 6) is -0.143. The van der Waals surface area contributed by atoms with E-state index in [0.717, 1.165) is 24.3 Å². The molecule has 0 saturated heterocycles. The molecule has 0 saturated carbocycles. The molecule has 0 aliphatic rings. The van der Waals surface area contributed by atoms with Gasteiger partial charge < -0.3 is 14.8 Å². The highest BCUT2D eigenvalue weighted by Crippen LogP contribution is 2.30. The molecule has 0 aliphatic carbocycles. The summed E-state index contributed by atoms with van der Waals surface area (Å²) < 4.78 is 73.5. The van der Waals surface area contributed by atoms with E-state index in [9.17, 15) is 26.7 Å². The lowest BCUT2D eigenvalue weighted by Crippen LogP contribution is -2.13. The Morgan fingerprint density at radius 3 is 2.47 bits per heavy atom. The molecule has 1 aromatic heterocycles. The van der Waals surface area contributed by atoms with E-state index < -0.39 is 24.3 Å². The Labute approximate surface area is 189 Å². The average Bonchev–Trinajstić information content (AvgIpc) is 3.19. The van der Waals surface area contributed by atoms with Crippen LogP contribution >= 0.6 is 0 Å². The quantitative estimate of drug-likeness (QED) is 0.320. The minimum absolute atomic E-state index is 0.00798. The molecule has 11 heteroatoms. The van der Waals surface area contributed by atoms with Crippen molar-refractivity contribution in [3.05, 3.63) is 83.4 Å². The maximum absolute atomic E-state index is 12.7. The van der Waals surface area contributed by atoms with Gasteiger partial charge in [-0.15, -0.1) is 0 Å². The molecular formula is C23H16F5N3O3. The van der Waals surface area contributed by atoms with Crippen molar-refractivity contribution in [2.75, 3.05) is 5.32 Å². The van der Waals surface area contributed by atoms with Gasteiger partial charge in [-0.1, -0.05) is 18.2 Å². The fourth-order valence-corrected chi connectivity index (χ4v) is 3.16. The number of H-pyrrole nitrogens is 1. The number of benzene rings is 3. The second-order valence-corrected chi connectivity index (χ2v) is 7.08. The number of anilines is 1. The summed E-state index contributed by atoms with van der Waals surface area (Å²) >= 11 is 0. The highest BCUT2D eigenvalue weighted by molar-refractivity contribution is 6.08. The predicted molar refractivity (Wildman–Crippen MR) is 113 cm³/mol. The van der Waals surface area contributed by atoms with Crippen LogP contribution in [0.15, 0.2) is 66.7 Å². The van der Waals surface area contributed by atoms with E-state index in [1.807, 2.05) is 0 Å². The van der Waals surface area contributed by atoms with Crippen LogP contribution in [0.2, 0.25) is 0 Å². The molecule has 0 unspecified atom stereocenters. The van der Waals surface area contributed by atoms with E-state index in [0.29, 0.717) is 22.2 Å². The van der Waals surface area contributed by atoms with Crippen LogP contribution < -0.4 is 14.8 Å². The molecule has 0 atom stereocenters. The fraction of sp³-hybridized carbons (Fsp3) is 0.130. The minimum atomic E-state index is -4.50. The zero-order valence-corrected chi connectivity index (χ0v) is 17.2. The molecule has 1 amide bonds. The summed E-state index contributed by atoms with van der Waals surface area (Å²) in [4.78, 5) is 12.5. The molecule has 0 fully saturated rings. The number of carbonyl (C=O) groups excluding carboxylic acids is 1. The van der Waals surface area contributed by atoms with Gasteiger partial charge in [-0.2, -0.15) is 27.1 Å². The van der Waals surface area contributed by atoms with E-state index in [1.54, 1.807) is 36.4 Å². The Kier molecular flexibility index (Phi) is 6.35. The number of ether oxygens (including phenoxy) is 2. The Hall–Kier alpha value is -4.15. The summed E-state index contributed by atoms with van der Waals surface area (Å²) in [5.41, 5.74) is 0.131. The van der Waals surface area contributed by atoms with Crippen LogP contribution in [0.4, 0.5) is 27.8 Å². The molecule has 1 heterocycles. The van der Waals surface area contributed by atoms with Gasteiger partial charge in [-0.25, -0.2) is 0 Å². The molecule has 4 rings (SSSR count). The first kappa shape index (κ1) is 23.0. The van der Waals surface area contributed by atoms with Gasteiger partial charge in [0.2, 0.25) is 0 Å². The van der Waals surface area contributed by atoms with E-state index in [4.69, 9.17) is 4.74 Å². The SMILES string of the molecule is O=C(Nc1n[nH]c2ccc(OCc3ccccc3OC(F)F)cc12)c1ccc(C(F)(F)F)cc1. The molecule has 0 radical (unpaired) electrons. The van der Waals surface area contributed by atoms with Gasteiger partial charge in [0.1, 0.15) is 18.1 Å². The molecule has 6 nitrogen and oxygen atoms in total. The number of nitrogens with one attached hydrogen (secondary N) is 2. The van der Waals surface area contributed by atoms with Gasteiger partial charge in [-0.05, 0) is 48.5 Å². The lowest BCUT2D eigenvalue weighted by Gasteiger charge is -2.12. The number of hydrogen-bond donors (Lipinski definition) is 2. The second-order valence-electron chi connectivity index (χ2n) is 7.08. The minimum Gasteiger partial charge on any atom is -0.489 e. The monoisotopic (exact) mass is 477 g/mol. The molecule has 0 aliphatic heterocycles. The summed E-state index contributed by atoms with van der Waals surface area (Å²) in [6, 6.07) is 14.8. The Balaban J connectivity index is 1.49. The van der Waals surface area contributed by atoms with Crippen LogP contribution in [-0.4, -0.2) is 22.7 Å². The standard InChI is InChI=1S/C23H16F5N3O3/c24-22(25)34-19-4-2-1-3-14(19)12-33-16-9-10-18-17(11-16)20(31-30-18)29-21(32)13-5-7-15(8-6-13)23(26,27)28/h1-11,22H,12H2,(H2,29,30,31,32). The number of nitrogens with zero attached hydrogens (tertiary/aromatic N) is 1. The van der Waals surface area contributed by atoms with Crippen LogP contribution in [0.5, 0.6) is 11.5 Å². The Morgan fingerprint density at radius 1 is 1.03 bits per heavy atom. The number of hydrogen-bond acceptors (Lipinski definition) is 4. The van der Waals surface area contributed by atoms with Gasteiger partial charge in [0, 0.05) is 16.5 Å². The van der Waals surface area contributed by atoms with Crippen LogP contribution in [0, 0.1) is 0 Å². The first-order chi connectivity index (χ1) is 16.2. The van der Waals surface area contributed by atoms with Crippen LogP contribution in [0.25, 0.3) is 10.9 Å². The predicted octanol–water partition coefficient (Wildman–Crippen LogP) is 6.01. The third-order valence-corrected chi connectivity index (χ3v) is 4.82. The maximum atomic E-state index is 12.7. The molecular weight excluding hydrogens is 461 g/mol. The topological polar surface area (TPSA) is 76.2 Å². The van der Waals surface area contributed by atoms with Gasteiger partial charge in [0.15, 0.2) is 5.82 Å². The van der Waals surface area contributed by atoms with E-state index in [1.165, 1.54) is 6.07 Å². The summed E-state index contributed by atoms with van der Waals surface area (Å²) in [6.45, 7) is -3.03. The van der Waals surface area contributed by atoms with Crippen molar-refractivity contribution < 1.29 is 36.2 Å². The molecule has 176 valence electrons. The largest absolute Gasteiger partial charge is 0.489 e. The van der Waals surface area contributed by atoms with Crippen molar-refractivity contribution in [1.82, 2.24) is 10.2 Å². The number of fused-ring (bicyclic) bond motifs is 1. The number of rotatable bonds is 7. The van der Waals surface area contributed by atoms with Crippen LogP contribution in [-0.2, 0) is 12.8 Å². The molecule has 34 heavy (non-hydrogen) atoms. The number of carbonyl (C=O) groups is 1. The van der Waals surface area contributed by atoms with Crippen molar-refractivity contribution in [1.29, 1.82) is 0 Å². The summed E-state index contributed by atoms with van der Waals surface area (Å²) in [7, 11) is 0. The third kappa shape index (κ3) is 5.25. The van der Waals surface area contributed by atoms with Gasteiger partial charge >= 0.3 is 12.8 Å². The van der Waals surface area contributed by atoms with Crippen LogP contribution in [0.1, 0.15) is 21.5 Å². The Bertz CT molecular complexity index is 1300. The number of para-hydroxylation sites is 1. The maximum Gasteiger partial charge on any atom is 0.416 e. The van der Waals surface area contributed by atoms with Crippen molar-refractivity contribution in [2.45, 2.75) is 19.4 Å². The zero-order valence-electron chi connectivity index (χ0n) is 17.2. The van der Waals surface area contributed by atoms with Crippen LogP contribution in [0.3, 0.4) is 0 Å². The second kappa shape index (κ2) is 9.38. The normalized spacial score (nSPS) is 11.6. The first-order valence-electron chi connectivity index (χ1n) is 9.83. The third-order valence-electron chi connectivity index (χ3n) is 4.82. The highest BCUT2D eigenvalue weighted by atomic mass is 19.4. The molecule has 4 aromatic rings. The zero-order chi connectivity index (χ0) is 24.3. The average molecular weight is 477 g/mol. The van der Waals surface area contributed by atoms with E-state index in [-0.39, 0.29) is 23.7 Å². The highest BCUT2D eigenvalue weighted by Gasteiger charge is 2.30. The van der Waals surface area contributed by atoms with Crippen molar-refractivity contribution in [3.8, 4) is 11.5 Å². The number of halogens is 5. The van der Waals surface area contributed by atoms with Crippen molar-refractivity contribution in [2.24, 2.45) is 0 Å². The molecule has 0 spiro atoms. The van der Waals surface area contributed by atoms with Gasteiger partial charge in [0.25, 0.3) is 5.91 Å². The summed E-state index contributed by atoms with van der Waals surface area (Å²) in [5, 5.41) is 9.79. The van der Waals surface area contributed by atoms with Crippen molar-refractivity contribution in [3.63, 3.8) is 0 Å². The lowest BCUT2D eigenvalue weighted by atomic mass is 10.1. The molecule has 2 N–H and O–H groups in total. The van der Waals surface area contributed by atoms with Gasteiger partial charge in [0.05, 0.1) is 11.1 Å². The van der Waals surface area contributed by atoms with Gasteiger partial charge in [-0.3, -0.25) is 9.89 Å². The van der Waals surface area contributed by atoms with E-state index in [2.05, 4.69) is 20.3 Å².